The molecule has 83 heavy (non-hydrogen) atoms. The van der Waals surface area contributed by atoms with Gasteiger partial charge in [0.2, 0.25) is 17.7 Å². The summed E-state index contributed by atoms with van der Waals surface area (Å²) < 4.78 is 10.7. The minimum absolute atomic E-state index is 0.0178. The van der Waals surface area contributed by atoms with Crippen molar-refractivity contribution in [2.45, 2.75) is 113 Å². The van der Waals surface area contributed by atoms with Crippen molar-refractivity contribution in [2.75, 3.05) is 66.6 Å². The zero-order chi connectivity index (χ0) is 58.8. The molecule has 5 aromatic carbocycles. The molecule has 1 saturated carbocycles. The topological polar surface area (TPSA) is 270 Å². The minimum atomic E-state index is -0.443. The highest BCUT2D eigenvalue weighted by atomic mass is 16.5. The molecular weight excluding hydrogens is 1040 g/mol. The lowest BCUT2D eigenvalue weighted by atomic mass is 9.87. The minimum Gasteiger partial charge on any atom is -0.497 e. The van der Waals surface area contributed by atoms with Crippen LogP contribution in [0.4, 0.5) is 0 Å². The summed E-state index contributed by atoms with van der Waals surface area (Å²) in [6, 6.07) is 45.5. The molecule has 0 unspecified atom stereocenters. The van der Waals surface area contributed by atoms with Gasteiger partial charge in [0.25, 0.3) is 5.91 Å². The lowest BCUT2D eigenvalue weighted by molar-refractivity contribution is -0.133. The predicted molar refractivity (Wildman–Crippen MR) is 329 cm³/mol. The third kappa shape index (κ3) is 19.9. The maximum atomic E-state index is 14.0. The monoisotopic (exact) mass is 1130 g/mol. The predicted octanol–water partition coefficient (Wildman–Crippen LogP) is 6.40. The molecule has 2 saturated heterocycles. The fourth-order valence-electron chi connectivity index (χ4n) is 11.5. The van der Waals surface area contributed by atoms with E-state index in [1.54, 1.807) is 25.3 Å². The number of guanidine groups is 2. The first-order valence-electron chi connectivity index (χ1n) is 29.6. The van der Waals surface area contributed by atoms with Crippen LogP contribution in [-0.2, 0) is 14.4 Å². The summed E-state index contributed by atoms with van der Waals surface area (Å²) >= 11 is 0. The van der Waals surface area contributed by atoms with Gasteiger partial charge in [-0.1, -0.05) is 141 Å². The van der Waals surface area contributed by atoms with Crippen LogP contribution < -0.4 is 53.7 Å². The van der Waals surface area contributed by atoms with Crippen molar-refractivity contribution in [1.29, 1.82) is 0 Å². The van der Waals surface area contributed by atoms with Crippen LogP contribution in [-0.4, -0.2) is 136 Å². The van der Waals surface area contributed by atoms with Crippen molar-refractivity contribution < 1.29 is 28.7 Å². The van der Waals surface area contributed by atoms with Gasteiger partial charge in [-0.15, -0.1) is 0 Å². The number of nitrogens with two attached hydrogens (primary N) is 4. The average Bonchev–Trinajstić information content (AvgIpc) is 4.00. The van der Waals surface area contributed by atoms with Gasteiger partial charge in [0.15, 0.2) is 11.9 Å². The zero-order valence-electron chi connectivity index (χ0n) is 48.5. The number of methoxy groups -OCH3 is 2. The lowest BCUT2D eigenvalue weighted by Crippen LogP contribution is -2.49. The summed E-state index contributed by atoms with van der Waals surface area (Å²) in [5, 5.41) is 13.3. The number of aliphatic imine (C=N–C) groups is 2. The summed E-state index contributed by atoms with van der Waals surface area (Å²) in [5.41, 5.74) is 27.1. The first kappa shape index (κ1) is 62.6. The van der Waals surface area contributed by atoms with Crippen molar-refractivity contribution in [1.82, 2.24) is 31.1 Å². The standard InChI is InChI=1S/C33H42N6O4.C32H46N6O2/c1-42-26-15-16-27(30(20-26)43-2)31(40)37-21-25-17-19-39(32(41)29(38-25)14-9-18-36-33(34)35)22-28(23-10-5-3-6-11-23)24-12-7-4-8-13-24;33-32(34)35-19-10-17-29-31(40)38(23-28(25-13-6-2-7-14-25)26-15-8-3-9-16-26)20-18-27(37-29)22-36-30(39)21-24-11-4-1-5-12-24/h3-8,10-13,15-16,20,25,28-29,38H,9,14,17-19,21-22H2,1-2H3,(H,37,40)(H4,34,35,36);2-3,6-9,13-16,24,27-29,37H,1,4-5,10-12,17-23H2,(H,36,39)(H4,33,34,35)/t25-,29-;27-,29-/m00/s1. The molecule has 2 aliphatic heterocycles. The van der Waals surface area contributed by atoms with Crippen LogP contribution in [0.3, 0.4) is 0 Å². The molecule has 0 bridgehead atoms. The number of hydrogen-bond acceptors (Lipinski definition) is 10. The number of hydrogen-bond donors (Lipinski definition) is 8. The largest absolute Gasteiger partial charge is 0.497 e. The molecular formula is C65H88N12O6. The van der Waals surface area contributed by atoms with E-state index in [-0.39, 0.29) is 65.5 Å². The Morgan fingerprint density at radius 3 is 1.42 bits per heavy atom. The van der Waals surface area contributed by atoms with E-state index in [1.807, 2.05) is 58.3 Å². The van der Waals surface area contributed by atoms with Crippen molar-refractivity contribution in [3.63, 3.8) is 0 Å². The number of benzene rings is 5. The maximum Gasteiger partial charge on any atom is 0.255 e. The number of carbonyl (C=O) groups is 4. The Morgan fingerprint density at radius 1 is 0.578 bits per heavy atom. The smallest absolute Gasteiger partial charge is 0.255 e. The van der Waals surface area contributed by atoms with E-state index in [2.05, 4.69) is 104 Å². The molecule has 1 aliphatic carbocycles. The van der Waals surface area contributed by atoms with E-state index in [0.717, 1.165) is 30.4 Å². The van der Waals surface area contributed by atoms with Crippen LogP contribution in [0, 0.1) is 5.92 Å². The van der Waals surface area contributed by atoms with E-state index >= 15 is 0 Å². The summed E-state index contributed by atoms with van der Waals surface area (Å²) in [7, 11) is 3.08. The molecule has 8 rings (SSSR count). The van der Waals surface area contributed by atoms with Crippen LogP contribution >= 0.6 is 0 Å². The molecule has 0 aromatic heterocycles. The Hall–Kier alpha value is -7.96. The molecule has 0 radical (unpaired) electrons. The van der Waals surface area contributed by atoms with E-state index in [0.29, 0.717) is 114 Å². The average molecular weight is 1130 g/mol. The Balaban J connectivity index is 0.000000239. The van der Waals surface area contributed by atoms with Gasteiger partial charge in [0, 0.05) is 88.8 Å². The highest BCUT2D eigenvalue weighted by Crippen LogP contribution is 2.30. The van der Waals surface area contributed by atoms with Crippen molar-refractivity contribution in [3.8, 4) is 11.5 Å². The van der Waals surface area contributed by atoms with E-state index in [1.165, 1.54) is 37.5 Å². The highest BCUT2D eigenvalue weighted by molar-refractivity contribution is 5.97. The molecule has 2 heterocycles. The Labute approximate surface area is 490 Å². The highest BCUT2D eigenvalue weighted by Gasteiger charge is 2.35. The second-order valence-electron chi connectivity index (χ2n) is 21.9. The van der Waals surface area contributed by atoms with Gasteiger partial charge in [-0.3, -0.25) is 29.2 Å². The summed E-state index contributed by atoms with van der Waals surface area (Å²) in [5.74, 6) is 1.72. The number of carbonyl (C=O) groups excluding carboxylic acids is 4. The second-order valence-corrected chi connectivity index (χ2v) is 21.9. The molecule has 4 amide bonds. The number of ether oxygens (including phenoxy) is 2. The van der Waals surface area contributed by atoms with Crippen molar-refractivity contribution in [2.24, 2.45) is 38.8 Å². The fourth-order valence-corrected chi connectivity index (χ4v) is 11.5. The van der Waals surface area contributed by atoms with Crippen LogP contribution in [0.1, 0.15) is 121 Å². The van der Waals surface area contributed by atoms with Gasteiger partial charge < -0.3 is 63.5 Å². The Bertz CT molecular complexity index is 2750. The summed E-state index contributed by atoms with van der Waals surface area (Å²) in [6.45, 7) is 4.11. The van der Waals surface area contributed by atoms with Gasteiger partial charge in [-0.2, -0.15) is 0 Å². The van der Waals surface area contributed by atoms with E-state index in [9.17, 15) is 19.2 Å². The molecule has 5 aromatic rings. The van der Waals surface area contributed by atoms with Crippen molar-refractivity contribution in [3.05, 3.63) is 167 Å². The normalized spacial score (nSPS) is 18.5. The van der Waals surface area contributed by atoms with Crippen LogP contribution in [0.25, 0.3) is 0 Å². The van der Waals surface area contributed by atoms with Crippen LogP contribution in [0.15, 0.2) is 150 Å². The number of rotatable bonds is 25. The molecule has 444 valence electrons. The number of amides is 4. The molecule has 3 aliphatic rings. The molecule has 12 N–H and O–H groups in total. The summed E-state index contributed by atoms with van der Waals surface area (Å²) in [4.78, 5) is 65.9. The van der Waals surface area contributed by atoms with Gasteiger partial charge in [-0.05, 0) is 91.7 Å². The quantitative estimate of drug-likeness (QED) is 0.0179. The third-order valence-electron chi connectivity index (χ3n) is 16.0. The van der Waals surface area contributed by atoms with Crippen LogP contribution in [0.5, 0.6) is 11.5 Å². The molecule has 4 atom stereocenters. The SMILES string of the molecule is COc1ccc(C(=O)NC[C@@H]2CCN(CC(c3ccccc3)c3ccccc3)C(=O)[C@H](CCCN=C(N)N)N2)c(OC)c1.NC(N)=NCCC[C@@H]1N[C@H](CNC(=O)CC2CCCCC2)CCN(CC(c2ccccc2)c2ccccc2)C1=O. The van der Waals surface area contributed by atoms with Crippen molar-refractivity contribution >= 4 is 35.5 Å². The molecule has 3 fully saturated rings. The Kier molecular flexibility index (Phi) is 25.1. The fraction of sp³-hybridized carbons (Fsp3) is 0.446. The first-order valence-corrected chi connectivity index (χ1v) is 29.6. The molecule has 18 nitrogen and oxygen atoms in total. The Morgan fingerprint density at radius 2 is 1.01 bits per heavy atom. The zero-order valence-corrected chi connectivity index (χ0v) is 48.5. The lowest BCUT2D eigenvalue weighted by Gasteiger charge is -2.29. The molecule has 0 spiro atoms. The number of nitrogens with zero attached hydrogens (tertiary/aromatic N) is 4. The van der Waals surface area contributed by atoms with Gasteiger partial charge in [-0.25, -0.2) is 0 Å². The molecule has 18 heteroatoms. The second kappa shape index (κ2) is 33.2. The maximum absolute atomic E-state index is 14.0. The van der Waals surface area contributed by atoms with E-state index in [4.69, 9.17) is 32.4 Å². The third-order valence-corrected chi connectivity index (χ3v) is 16.0. The first-order chi connectivity index (χ1) is 40.4. The van der Waals surface area contributed by atoms with Crippen LogP contribution in [0.2, 0.25) is 0 Å². The van der Waals surface area contributed by atoms with Gasteiger partial charge in [0.1, 0.15) is 11.5 Å². The number of nitrogens with one attached hydrogen (secondary N) is 4. The van der Waals surface area contributed by atoms with E-state index < -0.39 is 6.04 Å². The summed E-state index contributed by atoms with van der Waals surface area (Å²) in [6.07, 6.45) is 10.6. The van der Waals surface area contributed by atoms with Gasteiger partial charge >= 0.3 is 0 Å². The van der Waals surface area contributed by atoms with Gasteiger partial charge in [0.05, 0.1) is 31.9 Å².